The average molecular weight is 267 g/mol. The predicted octanol–water partition coefficient (Wildman–Crippen LogP) is 3.10. The van der Waals surface area contributed by atoms with Crippen LogP contribution in [0.2, 0.25) is 0 Å². The lowest BCUT2D eigenvalue weighted by molar-refractivity contribution is -0.0498. The van der Waals surface area contributed by atoms with E-state index >= 15 is 0 Å². The molecule has 1 aromatic carbocycles. The van der Waals surface area contributed by atoms with Crippen molar-refractivity contribution in [1.82, 2.24) is 4.90 Å². The number of carbonyl (C=O) groups is 1. The van der Waals surface area contributed by atoms with Crippen LogP contribution in [0.4, 0.5) is 8.78 Å². The Balaban J connectivity index is 2.80. The van der Waals surface area contributed by atoms with Crippen LogP contribution in [0.1, 0.15) is 10.4 Å². The minimum absolute atomic E-state index is 0.0190. The first-order chi connectivity index (χ1) is 9.08. The first kappa shape index (κ1) is 14.9. The van der Waals surface area contributed by atoms with Crippen LogP contribution < -0.4 is 4.74 Å². The van der Waals surface area contributed by atoms with Crippen LogP contribution in [0.3, 0.4) is 0 Å². The van der Waals surface area contributed by atoms with Gasteiger partial charge in [-0.1, -0.05) is 12.2 Å². The molecule has 1 aromatic rings. The number of amides is 1. The molecule has 0 aliphatic rings. The van der Waals surface area contributed by atoms with Crippen molar-refractivity contribution < 1.29 is 18.3 Å². The SMILES string of the molecule is C=CCN(CC=C)C(=O)c1ccc(OC(F)F)cc1. The molecule has 0 spiro atoms. The van der Waals surface area contributed by atoms with E-state index in [1.807, 2.05) is 0 Å². The van der Waals surface area contributed by atoms with Crippen molar-refractivity contribution in [2.75, 3.05) is 13.1 Å². The third-order valence-electron chi connectivity index (χ3n) is 2.31. The van der Waals surface area contributed by atoms with E-state index in [9.17, 15) is 13.6 Å². The fraction of sp³-hybridized carbons (Fsp3) is 0.214. The lowest BCUT2D eigenvalue weighted by Crippen LogP contribution is -2.31. The standard InChI is InChI=1S/C14H15F2NO2/c1-3-9-17(10-4-2)13(18)11-5-7-12(8-6-11)19-14(15)16/h3-8,14H,1-2,9-10H2. The van der Waals surface area contributed by atoms with Crippen LogP contribution in [0, 0.1) is 0 Å². The highest BCUT2D eigenvalue weighted by atomic mass is 19.3. The molecule has 0 radical (unpaired) electrons. The quantitative estimate of drug-likeness (QED) is 0.710. The lowest BCUT2D eigenvalue weighted by Gasteiger charge is -2.19. The molecule has 0 aliphatic carbocycles. The Morgan fingerprint density at radius 3 is 2.16 bits per heavy atom. The van der Waals surface area contributed by atoms with Crippen molar-refractivity contribution >= 4 is 5.91 Å². The molecule has 0 saturated heterocycles. The van der Waals surface area contributed by atoms with Crippen LogP contribution in [0.25, 0.3) is 0 Å². The molecule has 3 nitrogen and oxygen atoms in total. The molecule has 5 heteroatoms. The van der Waals surface area contributed by atoms with E-state index in [1.54, 1.807) is 12.2 Å². The van der Waals surface area contributed by atoms with E-state index in [0.29, 0.717) is 18.7 Å². The average Bonchev–Trinajstić information content (AvgIpc) is 2.38. The molecule has 0 unspecified atom stereocenters. The number of benzene rings is 1. The number of ether oxygens (including phenoxy) is 1. The van der Waals surface area contributed by atoms with Gasteiger partial charge in [-0.15, -0.1) is 13.2 Å². The third kappa shape index (κ3) is 4.54. The van der Waals surface area contributed by atoms with E-state index in [0.717, 1.165) is 0 Å². The summed E-state index contributed by atoms with van der Waals surface area (Å²) < 4.78 is 28.2. The highest BCUT2D eigenvalue weighted by Crippen LogP contribution is 2.16. The zero-order valence-electron chi connectivity index (χ0n) is 10.4. The second-order valence-electron chi connectivity index (χ2n) is 3.69. The highest BCUT2D eigenvalue weighted by molar-refractivity contribution is 5.94. The van der Waals surface area contributed by atoms with E-state index in [1.165, 1.54) is 29.2 Å². The number of rotatable bonds is 7. The summed E-state index contributed by atoms with van der Waals surface area (Å²) >= 11 is 0. The summed E-state index contributed by atoms with van der Waals surface area (Å²) in [5, 5.41) is 0. The van der Waals surface area contributed by atoms with Crippen molar-refractivity contribution in [1.29, 1.82) is 0 Å². The second-order valence-corrected chi connectivity index (χ2v) is 3.69. The maximum atomic E-state index is 12.1. The van der Waals surface area contributed by atoms with Crippen molar-refractivity contribution in [3.63, 3.8) is 0 Å². The predicted molar refractivity (Wildman–Crippen MR) is 69.4 cm³/mol. The van der Waals surface area contributed by atoms with Gasteiger partial charge in [0, 0.05) is 18.7 Å². The number of alkyl halides is 2. The number of nitrogens with zero attached hydrogens (tertiary/aromatic N) is 1. The lowest BCUT2D eigenvalue weighted by atomic mass is 10.2. The molecule has 0 fully saturated rings. The van der Waals surface area contributed by atoms with E-state index < -0.39 is 6.61 Å². The van der Waals surface area contributed by atoms with Crippen molar-refractivity contribution in [2.24, 2.45) is 0 Å². The monoisotopic (exact) mass is 267 g/mol. The zero-order valence-corrected chi connectivity index (χ0v) is 10.4. The van der Waals surface area contributed by atoms with Gasteiger partial charge >= 0.3 is 6.61 Å². The molecular formula is C14H15F2NO2. The van der Waals surface area contributed by atoms with Gasteiger partial charge in [0.15, 0.2) is 0 Å². The molecule has 0 aromatic heterocycles. The van der Waals surface area contributed by atoms with Crippen LogP contribution >= 0.6 is 0 Å². The number of hydrogen-bond acceptors (Lipinski definition) is 2. The first-order valence-corrected chi connectivity index (χ1v) is 5.64. The van der Waals surface area contributed by atoms with Gasteiger partial charge in [-0.05, 0) is 24.3 Å². The van der Waals surface area contributed by atoms with Crippen molar-refractivity contribution in [3.8, 4) is 5.75 Å². The summed E-state index contributed by atoms with van der Waals surface area (Å²) in [4.78, 5) is 13.6. The molecule has 19 heavy (non-hydrogen) atoms. The molecule has 0 bridgehead atoms. The van der Waals surface area contributed by atoms with Crippen molar-refractivity contribution in [2.45, 2.75) is 6.61 Å². The molecule has 0 atom stereocenters. The summed E-state index contributed by atoms with van der Waals surface area (Å²) in [5.41, 5.74) is 0.394. The topological polar surface area (TPSA) is 29.5 Å². The minimum Gasteiger partial charge on any atom is -0.435 e. The first-order valence-electron chi connectivity index (χ1n) is 5.64. The van der Waals surface area contributed by atoms with E-state index in [2.05, 4.69) is 17.9 Å². The smallest absolute Gasteiger partial charge is 0.387 e. The van der Waals surface area contributed by atoms with Gasteiger partial charge in [0.25, 0.3) is 5.91 Å². The normalized spacial score (nSPS) is 10.1. The number of hydrogen-bond donors (Lipinski definition) is 0. The van der Waals surface area contributed by atoms with Crippen LogP contribution in [0.5, 0.6) is 5.75 Å². The van der Waals surface area contributed by atoms with Gasteiger partial charge in [-0.25, -0.2) is 0 Å². The van der Waals surface area contributed by atoms with Gasteiger partial charge < -0.3 is 9.64 Å². The summed E-state index contributed by atoms with van der Waals surface area (Å²) in [6.45, 7) is 5.05. The molecule has 1 amide bonds. The van der Waals surface area contributed by atoms with Crippen molar-refractivity contribution in [3.05, 3.63) is 55.1 Å². The highest BCUT2D eigenvalue weighted by Gasteiger charge is 2.13. The van der Waals surface area contributed by atoms with Gasteiger partial charge in [0.1, 0.15) is 5.75 Å². The summed E-state index contributed by atoms with van der Waals surface area (Å²) in [6, 6.07) is 5.55. The molecule has 102 valence electrons. The van der Waals surface area contributed by atoms with Crippen LogP contribution in [-0.2, 0) is 0 Å². The maximum Gasteiger partial charge on any atom is 0.387 e. The number of halogens is 2. The zero-order chi connectivity index (χ0) is 14.3. The van der Waals surface area contributed by atoms with Gasteiger partial charge in [-0.2, -0.15) is 8.78 Å². The van der Waals surface area contributed by atoms with Gasteiger partial charge in [0.05, 0.1) is 0 Å². The number of carbonyl (C=O) groups excluding carboxylic acids is 1. The molecule has 0 heterocycles. The fourth-order valence-electron chi connectivity index (χ4n) is 1.51. The Hall–Kier alpha value is -2.17. The molecule has 0 N–H and O–H groups in total. The van der Waals surface area contributed by atoms with Gasteiger partial charge in [0.2, 0.25) is 0 Å². The Labute approximate surface area is 110 Å². The summed E-state index contributed by atoms with van der Waals surface area (Å²) in [6.07, 6.45) is 3.21. The Bertz CT molecular complexity index is 433. The maximum absolute atomic E-state index is 12.1. The largest absolute Gasteiger partial charge is 0.435 e. The summed E-state index contributed by atoms with van der Waals surface area (Å²) in [7, 11) is 0. The van der Waals surface area contributed by atoms with E-state index in [4.69, 9.17) is 0 Å². The Morgan fingerprint density at radius 1 is 1.21 bits per heavy atom. The minimum atomic E-state index is -2.88. The molecule has 1 rings (SSSR count). The Kier molecular flexibility index (Phi) is 5.73. The second kappa shape index (κ2) is 7.31. The molecule has 0 saturated carbocycles. The fourth-order valence-corrected chi connectivity index (χ4v) is 1.51. The molecule has 0 aliphatic heterocycles. The summed E-state index contributed by atoms with van der Waals surface area (Å²) in [5.74, 6) is -0.200. The van der Waals surface area contributed by atoms with E-state index in [-0.39, 0.29) is 11.7 Å². The Morgan fingerprint density at radius 2 is 1.74 bits per heavy atom. The van der Waals surface area contributed by atoms with Crippen LogP contribution in [0.15, 0.2) is 49.6 Å². The molecular weight excluding hydrogens is 252 g/mol. The van der Waals surface area contributed by atoms with Crippen LogP contribution in [-0.4, -0.2) is 30.5 Å². The van der Waals surface area contributed by atoms with Gasteiger partial charge in [-0.3, -0.25) is 4.79 Å². The third-order valence-corrected chi connectivity index (χ3v) is 2.31.